The molecule has 20 heavy (non-hydrogen) atoms. The Morgan fingerprint density at radius 2 is 2.15 bits per heavy atom. The van der Waals surface area contributed by atoms with Gasteiger partial charge in [-0.15, -0.1) is 0 Å². The molecule has 2 fully saturated rings. The van der Waals surface area contributed by atoms with E-state index in [0.717, 1.165) is 6.42 Å². The molecular weight excluding hydrogens is 256 g/mol. The van der Waals surface area contributed by atoms with E-state index < -0.39 is 17.1 Å². The number of nitrogens with one attached hydrogen (secondary N) is 1. The van der Waals surface area contributed by atoms with Gasteiger partial charge in [0, 0.05) is 7.05 Å². The minimum atomic E-state index is -0.980. The average Bonchev–Trinajstić information content (AvgIpc) is 2.40. The predicted octanol–water partition coefficient (Wildman–Crippen LogP) is -0.0310. The minimum absolute atomic E-state index is 0.0121. The van der Waals surface area contributed by atoms with Crippen molar-refractivity contribution in [3.63, 3.8) is 0 Å². The number of aliphatic hydroxyl groups excluding tert-OH is 1. The third-order valence-corrected chi connectivity index (χ3v) is 5.61. The maximum atomic E-state index is 12.9. The van der Waals surface area contributed by atoms with Crippen molar-refractivity contribution < 1.29 is 14.7 Å². The molecule has 0 aromatic rings. The van der Waals surface area contributed by atoms with E-state index in [1.54, 1.807) is 11.9 Å². The second kappa shape index (κ2) is 3.52. The van der Waals surface area contributed by atoms with Crippen LogP contribution in [0.3, 0.4) is 0 Å². The predicted molar refractivity (Wildman–Crippen MR) is 71.5 cm³/mol. The molecule has 5 heteroatoms. The summed E-state index contributed by atoms with van der Waals surface area (Å²) >= 11 is 0. The molecule has 7 aliphatic rings. The minimum Gasteiger partial charge on any atom is -0.390 e. The van der Waals surface area contributed by atoms with Crippen molar-refractivity contribution in [2.45, 2.75) is 36.9 Å². The van der Waals surface area contributed by atoms with Crippen LogP contribution in [0, 0.1) is 11.3 Å². The number of likely N-dealkylation sites (N-methyl/N-ethyl adjacent to an activating group) is 1. The fraction of sp³-hybridized carbons (Fsp3) is 0.600. The molecule has 1 saturated heterocycles. The number of carbonyl (C=O) groups is 2. The van der Waals surface area contributed by atoms with Crippen LogP contribution in [0.25, 0.3) is 0 Å². The zero-order valence-corrected chi connectivity index (χ0v) is 11.4. The van der Waals surface area contributed by atoms with Gasteiger partial charge in [-0.3, -0.25) is 9.59 Å². The van der Waals surface area contributed by atoms with Crippen molar-refractivity contribution in [1.29, 1.82) is 0 Å². The summed E-state index contributed by atoms with van der Waals surface area (Å²) in [5, 5.41) is 13.5. The van der Waals surface area contributed by atoms with Gasteiger partial charge in [-0.05, 0) is 19.3 Å². The van der Waals surface area contributed by atoms with Gasteiger partial charge in [-0.25, -0.2) is 0 Å². The van der Waals surface area contributed by atoms with E-state index in [0.29, 0.717) is 12.8 Å². The molecule has 4 bridgehead atoms. The van der Waals surface area contributed by atoms with E-state index in [4.69, 9.17) is 0 Å². The van der Waals surface area contributed by atoms with Crippen molar-refractivity contribution in [2.24, 2.45) is 11.3 Å². The van der Waals surface area contributed by atoms with Crippen molar-refractivity contribution in [1.82, 2.24) is 10.2 Å². The molecule has 2 spiro atoms. The molecule has 2 N–H and O–H groups in total. The molecule has 5 atom stereocenters. The molecule has 7 rings (SSSR count). The van der Waals surface area contributed by atoms with Crippen LogP contribution < -0.4 is 5.32 Å². The molecule has 5 nitrogen and oxygen atoms in total. The maximum Gasteiger partial charge on any atom is 0.235 e. The number of aliphatic hydroxyl groups is 1. The average molecular weight is 274 g/mol. The summed E-state index contributed by atoms with van der Waals surface area (Å²) in [4.78, 5) is 27.0. The molecule has 0 unspecified atom stereocenters. The Labute approximate surface area is 117 Å². The summed E-state index contributed by atoms with van der Waals surface area (Å²) in [6.07, 6.45) is 8.99. The van der Waals surface area contributed by atoms with Crippen molar-refractivity contribution in [2.75, 3.05) is 7.05 Å². The Kier molecular flexibility index (Phi) is 2.14. The highest BCUT2D eigenvalue weighted by atomic mass is 16.3. The summed E-state index contributed by atoms with van der Waals surface area (Å²) in [5.74, 6) is -0.442. The van der Waals surface area contributed by atoms with Gasteiger partial charge in [0.25, 0.3) is 0 Å². The number of nitrogens with zero attached hydrogens (tertiary/aromatic N) is 1. The molecule has 0 aromatic heterocycles. The molecule has 1 saturated carbocycles. The maximum absolute atomic E-state index is 12.9. The monoisotopic (exact) mass is 274 g/mol. The van der Waals surface area contributed by atoms with Crippen molar-refractivity contribution in [3.8, 4) is 0 Å². The molecule has 0 radical (unpaired) electrons. The molecule has 5 heterocycles. The van der Waals surface area contributed by atoms with Crippen LogP contribution in [0.4, 0.5) is 0 Å². The lowest BCUT2D eigenvalue weighted by molar-refractivity contribution is -0.160. The summed E-state index contributed by atoms with van der Waals surface area (Å²) in [6, 6.07) is -0.221. The van der Waals surface area contributed by atoms with Crippen LogP contribution in [0.15, 0.2) is 24.3 Å². The van der Waals surface area contributed by atoms with Gasteiger partial charge in [0.05, 0.1) is 23.5 Å². The Morgan fingerprint density at radius 3 is 2.90 bits per heavy atom. The van der Waals surface area contributed by atoms with E-state index in [2.05, 4.69) is 5.32 Å². The van der Waals surface area contributed by atoms with E-state index in [9.17, 15) is 14.7 Å². The topological polar surface area (TPSA) is 69.6 Å². The van der Waals surface area contributed by atoms with Crippen LogP contribution in [-0.4, -0.2) is 46.6 Å². The van der Waals surface area contributed by atoms with Gasteiger partial charge in [0.15, 0.2) is 0 Å². The van der Waals surface area contributed by atoms with Crippen molar-refractivity contribution in [3.05, 3.63) is 24.3 Å². The summed E-state index contributed by atoms with van der Waals surface area (Å²) in [5.41, 5.74) is -1.82. The van der Waals surface area contributed by atoms with E-state index in [1.165, 1.54) is 0 Å². The highest BCUT2D eigenvalue weighted by Gasteiger charge is 2.65. The highest BCUT2D eigenvalue weighted by molar-refractivity contribution is 5.95. The highest BCUT2D eigenvalue weighted by Crippen LogP contribution is 2.53. The summed E-state index contributed by atoms with van der Waals surface area (Å²) in [7, 11) is 1.76. The van der Waals surface area contributed by atoms with Crippen molar-refractivity contribution >= 4 is 11.8 Å². The Hall–Kier alpha value is -1.62. The molecule has 2 amide bonds. The molecule has 106 valence electrons. The normalized spacial score (nSPS) is 48.9. The fourth-order valence-electron chi connectivity index (χ4n) is 4.48. The van der Waals surface area contributed by atoms with Gasteiger partial charge in [0.1, 0.15) is 5.54 Å². The van der Waals surface area contributed by atoms with Gasteiger partial charge < -0.3 is 15.3 Å². The molecular formula is C15H18N2O3. The first-order valence-corrected chi connectivity index (χ1v) is 7.18. The van der Waals surface area contributed by atoms with Gasteiger partial charge >= 0.3 is 0 Å². The van der Waals surface area contributed by atoms with Crippen LogP contribution in [0.1, 0.15) is 19.3 Å². The Morgan fingerprint density at radius 1 is 1.35 bits per heavy atom. The van der Waals surface area contributed by atoms with Crippen LogP contribution >= 0.6 is 0 Å². The van der Waals surface area contributed by atoms with E-state index >= 15 is 0 Å². The van der Waals surface area contributed by atoms with Crippen LogP contribution in [-0.2, 0) is 9.59 Å². The van der Waals surface area contributed by atoms with Gasteiger partial charge in [0.2, 0.25) is 11.8 Å². The van der Waals surface area contributed by atoms with Crippen LogP contribution in [0.5, 0.6) is 0 Å². The first kappa shape index (κ1) is 12.1. The summed E-state index contributed by atoms with van der Waals surface area (Å²) in [6.45, 7) is 0. The number of amides is 2. The molecule has 0 aromatic carbocycles. The smallest absolute Gasteiger partial charge is 0.235 e. The zero-order valence-electron chi connectivity index (χ0n) is 11.4. The quantitative estimate of drug-likeness (QED) is 0.609. The molecule has 2 aliphatic carbocycles. The Bertz CT molecular complexity index is 569. The lowest BCUT2D eigenvalue weighted by atomic mass is 9.54. The number of rotatable bonds is 0. The van der Waals surface area contributed by atoms with Gasteiger partial charge in [-0.2, -0.15) is 0 Å². The Balaban J connectivity index is 2.03. The SMILES string of the molecule is CN1C(=O)[C@]23C=C[C@H]1[C@@H]1C=C[C@]2(NC1=O)[C@H](O)CCC3. The first-order chi connectivity index (χ1) is 9.52. The second-order valence-electron chi connectivity index (χ2n) is 6.39. The largest absolute Gasteiger partial charge is 0.390 e. The number of hydrogen-bond acceptors (Lipinski definition) is 3. The van der Waals surface area contributed by atoms with E-state index in [1.807, 2.05) is 24.3 Å². The number of carbonyl (C=O) groups excluding carboxylic acids is 2. The third-order valence-electron chi connectivity index (χ3n) is 5.61. The van der Waals surface area contributed by atoms with E-state index in [-0.39, 0.29) is 23.8 Å². The zero-order chi connectivity index (χ0) is 14.1. The number of hydrogen-bond donors (Lipinski definition) is 2. The van der Waals surface area contributed by atoms with Gasteiger partial charge in [-0.1, -0.05) is 24.3 Å². The lowest BCUT2D eigenvalue weighted by Crippen LogP contribution is -2.76. The third kappa shape index (κ3) is 1.10. The fourth-order valence-corrected chi connectivity index (χ4v) is 4.48. The van der Waals surface area contributed by atoms with Crippen LogP contribution in [0.2, 0.25) is 0 Å². The lowest BCUT2D eigenvalue weighted by Gasteiger charge is -2.59. The standard InChI is InChI=1S/C15H18N2O3/c1-17-10-5-7-14(13(17)20)6-2-3-11(18)15(14)8-4-9(10)12(19)16-15/h4-5,7-11,18H,2-3,6H2,1H3,(H,16,19)/t9-,10-,11+,14-,15-/m0/s1. The second-order valence-corrected chi connectivity index (χ2v) is 6.39. The summed E-state index contributed by atoms with van der Waals surface area (Å²) < 4.78 is 0. The molecule has 5 aliphatic heterocycles. The first-order valence-electron chi connectivity index (χ1n) is 7.18.